The van der Waals surface area contributed by atoms with Gasteiger partial charge in [-0.2, -0.15) is 12.6 Å². The molecule has 0 aromatic rings. The first-order valence-corrected chi connectivity index (χ1v) is 9.90. The van der Waals surface area contributed by atoms with Crippen LogP contribution in [0.5, 0.6) is 0 Å². The van der Waals surface area contributed by atoms with Crippen molar-refractivity contribution in [2.24, 2.45) is 17.4 Å². The third-order valence-electron chi connectivity index (χ3n) is 3.96. The van der Waals surface area contributed by atoms with Crippen molar-refractivity contribution in [2.45, 2.75) is 63.9 Å². The van der Waals surface area contributed by atoms with Gasteiger partial charge >= 0.3 is 5.97 Å². The summed E-state index contributed by atoms with van der Waals surface area (Å²) >= 11 is 4.00. The number of nitrogens with two attached hydrogens (primary N) is 2. The number of rotatable bonds is 13. The van der Waals surface area contributed by atoms with Crippen molar-refractivity contribution in [3.8, 4) is 0 Å². The lowest BCUT2D eigenvalue weighted by molar-refractivity contribution is -0.145. The van der Waals surface area contributed by atoms with Crippen LogP contribution in [0.2, 0.25) is 0 Å². The number of aliphatic carboxylic acids is 1. The van der Waals surface area contributed by atoms with Gasteiger partial charge in [-0.1, -0.05) is 13.8 Å². The summed E-state index contributed by atoms with van der Waals surface area (Å²) in [7, 11) is 0. The summed E-state index contributed by atoms with van der Waals surface area (Å²) in [5.74, 6) is -4.92. The van der Waals surface area contributed by atoms with Gasteiger partial charge in [0.05, 0.1) is 18.6 Å². The van der Waals surface area contributed by atoms with E-state index in [2.05, 4.69) is 23.3 Å². The van der Waals surface area contributed by atoms with E-state index in [0.29, 0.717) is 6.42 Å². The van der Waals surface area contributed by atoms with Gasteiger partial charge in [-0.05, 0) is 19.3 Å². The first-order valence-electron chi connectivity index (χ1n) is 9.26. The van der Waals surface area contributed by atoms with Crippen LogP contribution in [0.1, 0.15) is 33.6 Å². The second-order valence-corrected chi connectivity index (χ2v) is 7.64. The van der Waals surface area contributed by atoms with Crippen LogP contribution in [0.15, 0.2) is 0 Å². The molecule has 0 aromatic heterocycles. The monoisotopic (exact) mass is 449 g/mol. The van der Waals surface area contributed by atoms with Crippen LogP contribution >= 0.6 is 12.6 Å². The predicted octanol–water partition coefficient (Wildman–Crippen LogP) is -2.92. The third kappa shape index (κ3) is 9.89. The largest absolute Gasteiger partial charge is 0.480 e. The lowest BCUT2D eigenvalue weighted by atomic mass is 10.0. The van der Waals surface area contributed by atoms with Gasteiger partial charge < -0.3 is 37.6 Å². The number of aliphatic hydroxyl groups is 1. The smallest absolute Gasteiger partial charge is 0.328 e. The highest BCUT2D eigenvalue weighted by Crippen LogP contribution is 2.04. The van der Waals surface area contributed by atoms with Crippen LogP contribution in [-0.2, 0) is 24.0 Å². The second-order valence-electron chi connectivity index (χ2n) is 7.28. The number of carboxylic acids is 1. The van der Waals surface area contributed by atoms with E-state index in [-0.39, 0.29) is 11.7 Å². The molecule has 5 unspecified atom stereocenters. The molecule has 0 aliphatic heterocycles. The molecule has 0 rings (SSSR count). The van der Waals surface area contributed by atoms with Crippen molar-refractivity contribution in [3.63, 3.8) is 0 Å². The second kappa shape index (κ2) is 13.0. The van der Waals surface area contributed by atoms with Crippen molar-refractivity contribution < 1.29 is 34.2 Å². The Hall–Kier alpha value is -2.38. The molecule has 172 valence electrons. The number of hydrogen-bond donors (Lipinski definition) is 8. The van der Waals surface area contributed by atoms with Gasteiger partial charge in [0.25, 0.3) is 0 Å². The highest BCUT2D eigenvalue weighted by atomic mass is 32.1. The Morgan fingerprint density at radius 3 is 1.83 bits per heavy atom. The molecule has 0 heterocycles. The summed E-state index contributed by atoms with van der Waals surface area (Å²) in [5.41, 5.74) is 10.9. The normalized spacial score (nSPS) is 16.0. The molecular formula is C17H31N5O7S. The van der Waals surface area contributed by atoms with Crippen LogP contribution in [0.3, 0.4) is 0 Å². The fraction of sp³-hybridized carbons (Fsp3) is 0.706. The quantitative estimate of drug-likeness (QED) is 0.136. The molecule has 30 heavy (non-hydrogen) atoms. The van der Waals surface area contributed by atoms with Crippen LogP contribution in [0.25, 0.3) is 0 Å². The molecule has 0 aromatic carbocycles. The molecule has 0 spiro atoms. The average Bonchev–Trinajstić information content (AvgIpc) is 2.61. The number of amides is 4. The van der Waals surface area contributed by atoms with E-state index in [1.165, 1.54) is 0 Å². The lowest BCUT2D eigenvalue weighted by Crippen LogP contribution is -2.59. The Labute approximate surface area is 179 Å². The number of primary amides is 1. The van der Waals surface area contributed by atoms with Crippen molar-refractivity contribution in [1.82, 2.24) is 16.0 Å². The molecule has 0 saturated carbocycles. The number of carbonyl (C=O) groups is 5. The third-order valence-corrected chi connectivity index (χ3v) is 4.33. The number of hydrogen-bond acceptors (Lipinski definition) is 8. The van der Waals surface area contributed by atoms with E-state index in [4.69, 9.17) is 16.6 Å². The summed E-state index contributed by atoms with van der Waals surface area (Å²) in [5, 5.41) is 25.2. The highest BCUT2D eigenvalue weighted by Gasteiger charge is 2.32. The topological polar surface area (TPSA) is 214 Å². The molecule has 0 aliphatic carbocycles. The first kappa shape index (κ1) is 27.6. The van der Waals surface area contributed by atoms with Crippen LogP contribution in [-0.4, -0.2) is 75.8 Å². The number of nitrogens with one attached hydrogen (secondary N) is 3. The Morgan fingerprint density at radius 2 is 1.43 bits per heavy atom. The van der Waals surface area contributed by atoms with E-state index < -0.39 is 66.3 Å². The number of thiol groups is 1. The average molecular weight is 450 g/mol. The lowest BCUT2D eigenvalue weighted by Gasteiger charge is -2.24. The van der Waals surface area contributed by atoms with Gasteiger partial charge in [-0.25, -0.2) is 4.79 Å². The Balaban J connectivity index is 5.26. The molecule has 12 nitrogen and oxygen atoms in total. The summed E-state index contributed by atoms with van der Waals surface area (Å²) in [6.07, 6.45) is -1.69. The van der Waals surface area contributed by atoms with Gasteiger partial charge in [0.1, 0.15) is 12.1 Å². The van der Waals surface area contributed by atoms with Crippen LogP contribution in [0.4, 0.5) is 0 Å². The van der Waals surface area contributed by atoms with Gasteiger partial charge in [0.2, 0.25) is 23.6 Å². The van der Waals surface area contributed by atoms with E-state index in [0.717, 1.165) is 6.92 Å². The minimum absolute atomic E-state index is 0.137. The van der Waals surface area contributed by atoms with E-state index >= 15 is 0 Å². The molecule has 4 amide bonds. The molecule has 5 atom stereocenters. The SMILES string of the molecule is CC(C)CC(N)C(=O)NC(CS)C(=O)NC(CC(N)=O)C(=O)NC(C(=O)O)C(C)O. The first-order chi connectivity index (χ1) is 13.8. The number of carboxylic acid groups (broad SMARTS) is 1. The van der Waals surface area contributed by atoms with E-state index in [1.807, 2.05) is 19.2 Å². The molecule has 0 bridgehead atoms. The minimum Gasteiger partial charge on any atom is -0.480 e. The number of aliphatic hydroxyl groups excluding tert-OH is 1. The zero-order valence-electron chi connectivity index (χ0n) is 17.1. The van der Waals surface area contributed by atoms with Gasteiger partial charge in [-0.3, -0.25) is 19.2 Å². The summed E-state index contributed by atoms with van der Waals surface area (Å²) in [6, 6.07) is -5.22. The maximum Gasteiger partial charge on any atom is 0.328 e. The maximum absolute atomic E-state index is 12.5. The summed E-state index contributed by atoms with van der Waals surface area (Å²) < 4.78 is 0. The molecule has 13 heteroatoms. The van der Waals surface area contributed by atoms with Gasteiger partial charge in [-0.15, -0.1) is 0 Å². The maximum atomic E-state index is 12.5. The summed E-state index contributed by atoms with van der Waals surface area (Å²) in [4.78, 5) is 59.4. The van der Waals surface area contributed by atoms with Crippen molar-refractivity contribution >= 4 is 42.2 Å². The predicted molar refractivity (Wildman–Crippen MR) is 110 cm³/mol. The highest BCUT2D eigenvalue weighted by molar-refractivity contribution is 7.80. The molecule has 9 N–H and O–H groups in total. The molecule has 0 aliphatic rings. The van der Waals surface area contributed by atoms with Crippen molar-refractivity contribution in [3.05, 3.63) is 0 Å². The van der Waals surface area contributed by atoms with Crippen molar-refractivity contribution in [1.29, 1.82) is 0 Å². The van der Waals surface area contributed by atoms with Gasteiger partial charge in [0, 0.05) is 5.75 Å². The molecule has 0 fully saturated rings. The molecule has 0 radical (unpaired) electrons. The van der Waals surface area contributed by atoms with Gasteiger partial charge in [0.15, 0.2) is 6.04 Å². The minimum atomic E-state index is -1.67. The molecular weight excluding hydrogens is 418 g/mol. The van der Waals surface area contributed by atoms with Crippen LogP contribution in [0, 0.1) is 5.92 Å². The molecule has 0 saturated heterocycles. The Morgan fingerprint density at radius 1 is 0.933 bits per heavy atom. The Kier molecular flexibility index (Phi) is 12.0. The fourth-order valence-corrected chi connectivity index (χ4v) is 2.67. The Bertz CT molecular complexity index is 644. The van der Waals surface area contributed by atoms with E-state index in [1.54, 1.807) is 0 Å². The van der Waals surface area contributed by atoms with E-state index in [9.17, 15) is 29.1 Å². The standard InChI is InChI=1S/C17H31N5O7S/c1-7(2)4-9(18)14(25)21-11(6-30)16(27)20-10(5-12(19)24)15(26)22-13(8(3)23)17(28)29/h7-11,13,23,30H,4-6,18H2,1-3H3,(H2,19,24)(H,20,27)(H,21,25)(H,22,26)(H,28,29). The zero-order chi connectivity index (χ0) is 23.6. The number of carbonyl (C=O) groups excluding carboxylic acids is 4. The zero-order valence-corrected chi connectivity index (χ0v) is 18.0. The summed E-state index contributed by atoms with van der Waals surface area (Å²) in [6.45, 7) is 4.90. The van der Waals surface area contributed by atoms with Crippen molar-refractivity contribution in [2.75, 3.05) is 5.75 Å². The van der Waals surface area contributed by atoms with Crippen LogP contribution < -0.4 is 27.4 Å². The fourth-order valence-electron chi connectivity index (χ4n) is 2.41.